The van der Waals surface area contributed by atoms with Crippen LogP contribution >= 0.6 is 0 Å². The van der Waals surface area contributed by atoms with Crippen molar-refractivity contribution in [3.8, 4) is 0 Å². The van der Waals surface area contributed by atoms with Crippen molar-refractivity contribution in [1.29, 1.82) is 0 Å². The molecule has 0 radical (unpaired) electrons. The van der Waals surface area contributed by atoms with Crippen LogP contribution in [0.5, 0.6) is 0 Å². The molecule has 7 nitrogen and oxygen atoms in total. The Morgan fingerprint density at radius 3 is 2.79 bits per heavy atom. The molecular formula is C12H21N5O2. The Morgan fingerprint density at radius 2 is 2.21 bits per heavy atom. The zero-order valence-corrected chi connectivity index (χ0v) is 11.9. The average molecular weight is 267 g/mol. The Hall–Kier alpha value is -1.63. The van der Waals surface area contributed by atoms with Gasteiger partial charge in [-0.3, -0.25) is 4.68 Å². The summed E-state index contributed by atoms with van der Waals surface area (Å²) in [7, 11) is 1.84. The number of aromatic nitrogens is 3. The fourth-order valence-corrected chi connectivity index (χ4v) is 2.27. The van der Waals surface area contributed by atoms with Gasteiger partial charge in [0.15, 0.2) is 0 Å². The number of nitrogens with zero attached hydrogens (tertiary/aromatic N) is 4. The fourth-order valence-electron chi connectivity index (χ4n) is 2.27. The van der Waals surface area contributed by atoms with Crippen LogP contribution in [0.2, 0.25) is 0 Å². The van der Waals surface area contributed by atoms with Gasteiger partial charge in [0.05, 0.1) is 12.2 Å². The van der Waals surface area contributed by atoms with Gasteiger partial charge in [-0.15, -0.1) is 5.10 Å². The molecule has 1 aromatic rings. The lowest BCUT2D eigenvalue weighted by atomic mass is 9.99. The predicted octanol–water partition coefficient (Wildman–Crippen LogP) is 0.608. The molecule has 0 aromatic carbocycles. The van der Waals surface area contributed by atoms with Crippen molar-refractivity contribution in [3.05, 3.63) is 11.4 Å². The lowest BCUT2D eigenvalue weighted by Crippen LogP contribution is -2.43. The topological polar surface area (TPSA) is 86.3 Å². The summed E-state index contributed by atoms with van der Waals surface area (Å²) in [6.45, 7) is 6.97. The van der Waals surface area contributed by atoms with E-state index in [2.05, 4.69) is 10.3 Å². The van der Waals surface area contributed by atoms with Gasteiger partial charge >= 0.3 is 6.09 Å². The maximum Gasteiger partial charge on any atom is 0.410 e. The van der Waals surface area contributed by atoms with Gasteiger partial charge < -0.3 is 15.4 Å². The van der Waals surface area contributed by atoms with E-state index < -0.39 is 5.60 Å². The highest BCUT2D eigenvalue weighted by Crippen LogP contribution is 2.26. The molecule has 7 heteroatoms. The second kappa shape index (κ2) is 4.80. The van der Waals surface area contributed by atoms with Crippen LogP contribution in [0.25, 0.3) is 0 Å². The molecule has 2 heterocycles. The monoisotopic (exact) mass is 267 g/mol. The van der Waals surface area contributed by atoms with E-state index in [1.54, 1.807) is 9.58 Å². The van der Waals surface area contributed by atoms with Crippen LogP contribution in [0, 0.1) is 0 Å². The molecule has 2 N–H and O–H groups in total. The van der Waals surface area contributed by atoms with E-state index in [1.807, 2.05) is 27.8 Å². The lowest BCUT2D eigenvalue weighted by Gasteiger charge is -2.33. The van der Waals surface area contributed by atoms with Crippen LogP contribution in [0.4, 0.5) is 4.79 Å². The minimum absolute atomic E-state index is 0.0521. The molecule has 2 rings (SSSR count). The molecule has 106 valence electrons. The number of rotatable bonds is 1. The van der Waals surface area contributed by atoms with Gasteiger partial charge in [0, 0.05) is 26.1 Å². The van der Waals surface area contributed by atoms with Gasteiger partial charge in [0.1, 0.15) is 11.3 Å². The Labute approximate surface area is 112 Å². The van der Waals surface area contributed by atoms with Crippen molar-refractivity contribution in [2.24, 2.45) is 12.8 Å². The van der Waals surface area contributed by atoms with Crippen LogP contribution in [0.1, 0.15) is 38.1 Å². The zero-order chi connectivity index (χ0) is 14.2. The first-order valence-electron chi connectivity index (χ1n) is 6.38. The Balaban J connectivity index is 2.18. The van der Waals surface area contributed by atoms with E-state index in [0.717, 1.165) is 11.4 Å². The summed E-state index contributed by atoms with van der Waals surface area (Å²) < 4.78 is 7.12. The van der Waals surface area contributed by atoms with Gasteiger partial charge in [0.2, 0.25) is 0 Å². The lowest BCUT2D eigenvalue weighted by molar-refractivity contribution is 0.0202. The number of hydrogen-bond donors (Lipinski definition) is 1. The highest BCUT2D eigenvalue weighted by Gasteiger charge is 2.33. The summed E-state index contributed by atoms with van der Waals surface area (Å²) in [4.78, 5) is 13.7. The zero-order valence-electron chi connectivity index (χ0n) is 11.9. The quantitative estimate of drug-likeness (QED) is 0.805. The van der Waals surface area contributed by atoms with Gasteiger partial charge in [-0.1, -0.05) is 5.21 Å². The third-order valence-corrected chi connectivity index (χ3v) is 3.05. The number of hydrogen-bond acceptors (Lipinski definition) is 5. The highest BCUT2D eigenvalue weighted by molar-refractivity contribution is 5.68. The summed E-state index contributed by atoms with van der Waals surface area (Å²) in [5.41, 5.74) is 7.10. The maximum atomic E-state index is 12.1. The van der Waals surface area contributed by atoms with E-state index in [1.165, 1.54) is 0 Å². The number of nitrogens with two attached hydrogens (primary N) is 1. The number of fused-ring (bicyclic) bond motifs is 1. The molecule has 1 unspecified atom stereocenters. The van der Waals surface area contributed by atoms with E-state index in [9.17, 15) is 4.79 Å². The van der Waals surface area contributed by atoms with E-state index in [0.29, 0.717) is 19.6 Å². The van der Waals surface area contributed by atoms with Gasteiger partial charge in [-0.05, 0) is 20.8 Å². The molecule has 1 amide bonds. The third kappa shape index (κ3) is 2.86. The molecule has 0 saturated heterocycles. The number of carbonyl (C=O) groups is 1. The van der Waals surface area contributed by atoms with Crippen LogP contribution in [-0.2, 0) is 18.3 Å². The molecule has 1 aromatic heterocycles. The molecular weight excluding hydrogens is 246 g/mol. The molecule has 1 atom stereocenters. The molecule has 0 saturated carbocycles. The highest BCUT2D eigenvalue weighted by atomic mass is 16.6. The molecule has 1 aliphatic rings. The third-order valence-electron chi connectivity index (χ3n) is 3.05. The van der Waals surface area contributed by atoms with Crippen molar-refractivity contribution in [1.82, 2.24) is 19.9 Å². The molecule has 0 fully saturated rings. The predicted molar refractivity (Wildman–Crippen MR) is 69.4 cm³/mol. The van der Waals surface area contributed by atoms with Crippen LogP contribution < -0.4 is 5.73 Å². The molecule has 0 aliphatic carbocycles. The maximum absolute atomic E-state index is 12.1. The minimum Gasteiger partial charge on any atom is -0.444 e. The van der Waals surface area contributed by atoms with Gasteiger partial charge in [0.25, 0.3) is 0 Å². The van der Waals surface area contributed by atoms with Gasteiger partial charge in [-0.25, -0.2) is 4.79 Å². The largest absolute Gasteiger partial charge is 0.444 e. The van der Waals surface area contributed by atoms with E-state index in [-0.39, 0.29) is 12.0 Å². The normalized spacial score (nSPS) is 19.2. The molecule has 0 bridgehead atoms. The van der Waals surface area contributed by atoms with Crippen LogP contribution in [-0.4, -0.2) is 44.7 Å². The molecule has 19 heavy (non-hydrogen) atoms. The number of amides is 1. The molecule has 1 aliphatic heterocycles. The number of ether oxygens (including phenoxy) is 1. The summed E-state index contributed by atoms with van der Waals surface area (Å²) in [6.07, 6.45) is -0.331. The summed E-state index contributed by atoms with van der Waals surface area (Å²) in [5, 5.41) is 8.09. The SMILES string of the molecule is Cn1nnc2c1C(CN)CN(C(=O)OC(C)(C)C)C2. The van der Waals surface area contributed by atoms with Crippen molar-refractivity contribution in [2.45, 2.75) is 38.8 Å². The van der Waals surface area contributed by atoms with Crippen molar-refractivity contribution >= 4 is 6.09 Å². The second-order valence-electron chi connectivity index (χ2n) is 5.84. The summed E-state index contributed by atoms with van der Waals surface area (Å²) >= 11 is 0. The Kier molecular flexibility index (Phi) is 3.49. The first kappa shape index (κ1) is 13.8. The average Bonchev–Trinajstić information content (AvgIpc) is 2.68. The van der Waals surface area contributed by atoms with Crippen molar-refractivity contribution in [3.63, 3.8) is 0 Å². The van der Waals surface area contributed by atoms with E-state index in [4.69, 9.17) is 10.5 Å². The van der Waals surface area contributed by atoms with Crippen molar-refractivity contribution < 1.29 is 9.53 Å². The van der Waals surface area contributed by atoms with Crippen LogP contribution in [0.15, 0.2) is 0 Å². The smallest absolute Gasteiger partial charge is 0.410 e. The minimum atomic E-state index is -0.502. The first-order chi connectivity index (χ1) is 8.81. The Morgan fingerprint density at radius 1 is 1.53 bits per heavy atom. The summed E-state index contributed by atoms with van der Waals surface area (Å²) in [6, 6.07) is 0. The number of aryl methyl sites for hydroxylation is 1. The number of carbonyl (C=O) groups excluding carboxylic acids is 1. The van der Waals surface area contributed by atoms with E-state index >= 15 is 0 Å². The standard InChI is InChI=1S/C12H21N5O2/c1-12(2,3)19-11(18)17-6-8(5-13)10-9(7-17)14-15-16(10)4/h8H,5-7,13H2,1-4H3. The van der Waals surface area contributed by atoms with Crippen molar-refractivity contribution in [2.75, 3.05) is 13.1 Å². The fraction of sp³-hybridized carbons (Fsp3) is 0.750. The summed E-state index contributed by atoms with van der Waals surface area (Å²) in [5.74, 6) is 0.0521. The first-order valence-corrected chi connectivity index (χ1v) is 6.38. The van der Waals surface area contributed by atoms with Gasteiger partial charge in [-0.2, -0.15) is 0 Å². The Bertz CT molecular complexity index is 477. The second-order valence-corrected chi connectivity index (χ2v) is 5.84. The molecule has 0 spiro atoms. The van der Waals surface area contributed by atoms with Crippen LogP contribution in [0.3, 0.4) is 0 Å².